The second-order valence-corrected chi connectivity index (χ2v) is 5.11. The minimum atomic E-state index is 0.00404. The summed E-state index contributed by atoms with van der Waals surface area (Å²) in [5.74, 6) is 0.792. The summed E-state index contributed by atoms with van der Waals surface area (Å²) in [4.78, 5) is 24.5. The van der Waals surface area contributed by atoms with Crippen LogP contribution in [0.5, 0.6) is 0 Å². The van der Waals surface area contributed by atoms with E-state index in [0.717, 1.165) is 19.5 Å². The fourth-order valence-electron chi connectivity index (χ4n) is 2.30. The molecule has 0 spiro atoms. The van der Waals surface area contributed by atoms with Crippen molar-refractivity contribution in [1.82, 2.24) is 10.2 Å². The number of hydrogen-bond donors (Lipinski definition) is 1. The number of nitrogens with one attached hydrogen (secondary N) is 1. The first-order valence-corrected chi connectivity index (χ1v) is 6.52. The van der Waals surface area contributed by atoms with Crippen LogP contribution in [-0.2, 0) is 9.59 Å². The van der Waals surface area contributed by atoms with Gasteiger partial charge in [0.25, 0.3) is 0 Å². The molecule has 0 bridgehead atoms. The van der Waals surface area contributed by atoms with Crippen LogP contribution in [0.1, 0.15) is 39.0 Å². The van der Waals surface area contributed by atoms with Crippen LogP contribution in [0.3, 0.4) is 0 Å². The van der Waals surface area contributed by atoms with Gasteiger partial charge in [-0.2, -0.15) is 0 Å². The largest absolute Gasteiger partial charge is 0.356 e. The summed E-state index contributed by atoms with van der Waals surface area (Å²) in [6, 6.07) is 0. The van der Waals surface area contributed by atoms with Gasteiger partial charge in [-0.15, -0.1) is 0 Å². The Morgan fingerprint density at radius 3 is 2.76 bits per heavy atom. The van der Waals surface area contributed by atoms with E-state index >= 15 is 0 Å². The molecule has 1 saturated heterocycles. The number of carbonyl (C=O) groups is 2. The molecule has 1 unspecified atom stereocenters. The maximum absolute atomic E-state index is 11.4. The summed E-state index contributed by atoms with van der Waals surface area (Å²) < 4.78 is 0. The van der Waals surface area contributed by atoms with E-state index in [1.165, 1.54) is 26.3 Å². The van der Waals surface area contributed by atoms with Crippen LogP contribution in [0.25, 0.3) is 0 Å². The average molecular weight is 240 g/mol. The van der Waals surface area contributed by atoms with E-state index in [4.69, 9.17) is 0 Å². The third-order valence-corrected chi connectivity index (χ3v) is 3.30. The van der Waals surface area contributed by atoms with Gasteiger partial charge in [0, 0.05) is 25.9 Å². The lowest BCUT2D eigenvalue weighted by atomic mass is 9.95. The van der Waals surface area contributed by atoms with Crippen LogP contribution in [0.2, 0.25) is 0 Å². The molecule has 0 aromatic heterocycles. The molecular formula is C13H24N2O2. The predicted octanol–water partition coefficient (Wildman–Crippen LogP) is 1.20. The van der Waals surface area contributed by atoms with Crippen LogP contribution >= 0.6 is 0 Å². The quantitative estimate of drug-likeness (QED) is 0.759. The van der Waals surface area contributed by atoms with Crippen molar-refractivity contribution in [3.8, 4) is 0 Å². The number of hydrogen-bond acceptors (Lipinski definition) is 3. The van der Waals surface area contributed by atoms with Crippen molar-refractivity contribution < 1.29 is 9.59 Å². The van der Waals surface area contributed by atoms with Gasteiger partial charge in [0.15, 0.2) is 0 Å². The first-order chi connectivity index (χ1) is 8.08. The first kappa shape index (κ1) is 14.2. The molecule has 1 fully saturated rings. The van der Waals surface area contributed by atoms with Crippen molar-refractivity contribution in [2.75, 3.05) is 26.7 Å². The standard InChI is InChI=1S/C13H24N2O2/c1-11(16)5-6-13(17)14-8-7-12-4-3-9-15(2)10-12/h12H,3-10H2,1-2H3,(H,14,17). The number of carbonyl (C=O) groups excluding carboxylic acids is 2. The topological polar surface area (TPSA) is 49.4 Å². The zero-order valence-corrected chi connectivity index (χ0v) is 11.0. The molecule has 1 atom stereocenters. The van der Waals surface area contributed by atoms with Gasteiger partial charge in [-0.25, -0.2) is 0 Å². The van der Waals surface area contributed by atoms with E-state index < -0.39 is 0 Å². The Kier molecular flexibility index (Phi) is 6.19. The minimum absolute atomic E-state index is 0.00404. The molecule has 98 valence electrons. The van der Waals surface area contributed by atoms with Gasteiger partial charge in [-0.1, -0.05) is 0 Å². The van der Waals surface area contributed by atoms with E-state index in [1.54, 1.807) is 0 Å². The van der Waals surface area contributed by atoms with Gasteiger partial charge in [-0.3, -0.25) is 4.79 Å². The zero-order chi connectivity index (χ0) is 12.7. The molecule has 1 rings (SSSR count). The molecule has 4 nitrogen and oxygen atoms in total. The summed E-state index contributed by atoms with van der Waals surface area (Å²) in [6.07, 6.45) is 4.28. The number of amides is 1. The Labute approximate surface area is 104 Å². The highest BCUT2D eigenvalue weighted by molar-refractivity contribution is 5.83. The second kappa shape index (κ2) is 7.43. The number of nitrogens with zero attached hydrogens (tertiary/aromatic N) is 1. The van der Waals surface area contributed by atoms with E-state index in [0.29, 0.717) is 18.8 Å². The lowest BCUT2D eigenvalue weighted by Gasteiger charge is -2.29. The normalized spacial score (nSPS) is 21.2. The molecule has 1 amide bonds. The number of ketones is 1. The first-order valence-electron chi connectivity index (χ1n) is 6.52. The molecule has 0 saturated carbocycles. The van der Waals surface area contributed by atoms with Crippen LogP contribution in [0.4, 0.5) is 0 Å². The molecule has 1 aliphatic heterocycles. The molecule has 0 radical (unpaired) electrons. The highest BCUT2D eigenvalue weighted by atomic mass is 16.2. The fourth-order valence-corrected chi connectivity index (χ4v) is 2.30. The van der Waals surface area contributed by atoms with Crippen molar-refractivity contribution in [2.24, 2.45) is 5.92 Å². The monoisotopic (exact) mass is 240 g/mol. The Morgan fingerprint density at radius 1 is 1.35 bits per heavy atom. The van der Waals surface area contributed by atoms with E-state index in [9.17, 15) is 9.59 Å². The zero-order valence-electron chi connectivity index (χ0n) is 11.0. The van der Waals surface area contributed by atoms with Crippen LogP contribution in [0.15, 0.2) is 0 Å². The molecule has 1 heterocycles. The molecule has 17 heavy (non-hydrogen) atoms. The smallest absolute Gasteiger partial charge is 0.220 e. The van der Waals surface area contributed by atoms with Crippen molar-refractivity contribution in [3.05, 3.63) is 0 Å². The molecular weight excluding hydrogens is 216 g/mol. The van der Waals surface area contributed by atoms with Crippen molar-refractivity contribution in [1.29, 1.82) is 0 Å². The Balaban J connectivity index is 2.06. The number of piperidine rings is 1. The van der Waals surface area contributed by atoms with Crippen molar-refractivity contribution >= 4 is 11.7 Å². The third-order valence-electron chi connectivity index (χ3n) is 3.30. The summed E-state index contributed by atoms with van der Waals surface area (Å²) in [5, 5.41) is 2.89. The SMILES string of the molecule is CC(=O)CCC(=O)NCCC1CCCN(C)C1. The third kappa shape index (κ3) is 6.41. The summed E-state index contributed by atoms with van der Waals surface area (Å²) in [7, 11) is 2.15. The Morgan fingerprint density at radius 2 is 2.12 bits per heavy atom. The summed E-state index contributed by atoms with van der Waals surface area (Å²) in [6.45, 7) is 4.60. The number of likely N-dealkylation sites (tertiary alicyclic amines) is 1. The van der Waals surface area contributed by atoms with Gasteiger partial charge >= 0.3 is 0 Å². The second-order valence-electron chi connectivity index (χ2n) is 5.11. The highest BCUT2D eigenvalue weighted by Crippen LogP contribution is 2.17. The van der Waals surface area contributed by atoms with Crippen LogP contribution < -0.4 is 5.32 Å². The van der Waals surface area contributed by atoms with E-state index in [2.05, 4.69) is 17.3 Å². The average Bonchev–Trinajstić information content (AvgIpc) is 2.26. The minimum Gasteiger partial charge on any atom is -0.356 e. The molecule has 1 N–H and O–H groups in total. The lowest BCUT2D eigenvalue weighted by molar-refractivity contribution is -0.124. The summed E-state index contributed by atoms with van der Waals surface area (Å²) in [5.41, 5.74) is 0. The van der Waals surface area contributed by atoms with Crippen molar-refractivity contribution in [2.45, 2.75) is 39.0 Å². The number of Topliss-reactive ketones (excluding diaryl/α,β-unsaturated/α-hetero) is 1. The molecule has 0 aliphatic carbocycles. The van der Waals surface area contributed by atoms with Gasteiger partial charge in [-0.05, 0) is 45.7 Å². The Bertz CT molecular complexity index is 266. The molecule has 1 aliphatic rings. The maximum atomic E-state index is 11.4. The maximum Gasteiger partial charge on any atom is 0.220 e. The summed E-state index contributed by atoms with van der Waals surface area (Å²) >= 11 is 0. The van der Waals surface area contributed by atoms with Crippen molar-refractivity contribution in [3.63, 3.8) is 0 Å². The lowest BCUT2D eigenvalue weighted by Crippen LogP contribution is -2.34. The van der Waals surface area contributed by atoms with Gasteiger partial charge in [0.1, 0.15) is 5.78 Å². The highest BCUT2D eigenvalue weighted by Gasteiger charge is 2.16. The Hall–Kier alpha value is -0.900. The van der Waals surface area contributed by atoms with E-state index in [-0.39, 0.29) is 11.7 Å². The molecule has 4 heteroatoms. The van der Waals surface area contributed by atoms with Gasteiger partial charge in [0.05, 0.1) is 0 Å². The van der Waals surface area contributed by atoms with Crippen LogP contribution in [-0.4, -0.2) is 43.3 Å². The van der Waals surface area contributed by atoms with E-state index in [1.807, 2.05) is 0 Å². The molecule has 0 aromatic rings. The number of rotatable bonds is 6. The van der Waals surface area contributed by atoms with Gasteiger partial charge in [0.2, 0.25) is 5.91 Å². The van der Waals surface area contributed by atoms with Gasteiger partial charge < -0.3 is 15.0 Å². The molecule has 0 aromatic carbocycles. The fraction of sp³-hybridized carbons (Fsp3) is 0.846. The predicted molar refractivity (Wildman–Crippen MR) is 67.8 cm³/mol. The van der Waals surface area contributed by atoms with Crippen LogP contribution in [0, 0.1) is 5.92 Å².